The number of guanidine groups is 1. The summed E-state index contributed by atoms with van der Waals surface area (Å²) >= 11 is 1.74. The lowest BCUT2D eigenvalue weighted by Crippen LogP contribution is -2.38. The maximum Gasteiger partial charge on any atom is 0.192 e. The average molecular weight is 489 g/mol. The predicted octanol–water partition coefficient (Wildman–Crippen LogP) is 4.59. The third kappa shape index (κ3) is 6.68. The molecule has 1 aromatic heterocycles. The molecule has 5 nitrogen and oxygen atoms in total. The van der Waals surface area contributed by atoms with E-state index in [1.807, 2.05) is 25.1 Å². The predicted molar refractivity (Wildman–Crippen MR) is 120 cm³/mol. The highest BCUT2D eigenvalue weighted by Crippen LogP contribution is 2.28. The van der Waals surface area contributed by atoms with Crippen LogP contribution < -0.4 is 20.1 Å². The first-order chi connectivity index (χ1) is 12.2. The van der Waals surface area contributed by atoms with Gasteiger partial charge in [0.2, 0.25) is 0 Å². The third-order valence-corrected chi connectivity index (χ3v) is 4.67. The fourth-order valence-electron chi connectivity index (χ4n) is 2.39. The third-order valence-electron chi connectivity index (χ3n) is 3.62. The van der Waals surface area contributed by atoms with Crippen molar-refractivity contribution < 1.29 is 9.47 Å². The summed E-state index contributed by atoms with van der Waals surface area (Å²) in [5.41, 5.74) is 1.07. The summed E-state index contributed by atoms with van der Waals surface area (Å²) in [7, 11) is 1.65. The molecule has 1 heterocycles. The highest BCUT2D eigenvalue weighted by atomic mass is 127. The molecule has 1 aromatic carbocycles. The monoisotopic (exact) mass is 489 g/mol. The number of ether oxygens (including phenoxy) is 2. The second-order valence-electron chi connectivity index (χ2n) is 5.49. The van der Waals surface area contributed by atoms with E-state index in [-0.39, 0.29) is 30.0 Å². The van der Waals surface area contributed by atoms with E-state index in [1.54, 1.807) is 18.4 Å². The van der Waals surface area contributed by atoms with Crippen LogP contribution in [0.2, 0.25) is 0 Å². The van der Waals surface area contributed by atoms with Crippen molar-refractivity contribution in [2.45, 2.75) is 33.4 Å². The Hall–Kier alpha value is -1.48. The van der Waals surface area contributed by atoms with Crippen molar-refractivity contribution in [3.8, 4) is 11.5 Å². The minimum atomic E-state index is 0. The molecule has 2 rings (SSSR count). The molecule has 0 aliphatic rings. The summed E-state index contributed by atoms with van der Waals surface area (Å²) in [5, 5.41) is 8.83. The van der Waals surface area contributed by atoms with Gasteiger partial charge in [-0.25, -0.2) is 4.99 Å². The number of halogens is 1. The van der Waals surface area contributed by atoms with E-state index in [0.717, 1.165) is 29.6 Å². The fourth-order valence-corrected chi connectivity index (χ4v) is 3.13. The Bertz CT molecular complexity index is 677. The molecular weight excluding hydrogens is 461 g/mol. The second-order valence-corrected chi connectivity index (χ2v) is 6.47. The van der Waals surface area contributed by atoms with Gasteiger partial charge in [0, 0.05) is 11.4 Å². The summed E-state index contributed by atoms with van der Waals surface area (Å²) < 4.78 is 11.0. The smallest absolute Gasteiger partial charge is 0.192 e. The molecule has 0 saturated carbocycles. The topological polar surface area (TPSA) is 54.9 Å². The van der Waals surface area contributed by atoms with E-state index < -0.39 is 0 Å². The number of hydrogen-bond acceptors (Lipinski definition) is 4. The van der Waals surface area contributed by atoms with Crippen molar-refractivity contribution in [2.75, 3.05) is 20.3 Å². The first kappa shape index (κ1) is 22.6. The van der Waals surface area contributed by atoms with Gasteiger partial charge in [-0.3, -0.25) is 0 Å². The van der Waals surface area contributed by atoms with Crippen LogP contribution in [0.25, 0.3) is 0 Å². The van der Waals surface area contributed by atoms with E-state index in [4.69, 9.17) is 14.5 Å². The van der Waals surface area contributed by atoms with E-state index in [1.165, 1.54) is 4.88 Å². The number of nitrogens with zero attached hydrogens (tertiary/aromatic N) is 1. The number of methoxy groups -OCH3 is 1. The van der Waals surface area contributed by atoms with Gasteiger partial charge < -0.3 is 20.1 Å². The van der Waals surface area contributed by atoms with Crippen molar-refractivity contribution >= 4 is 41.3 Å². The normalized spacial score (nSPS) is 12.1. The Labute approximate surface area is 177 Å². The molecule has 0 spiro atoms. The van der Waals surface area contributed by atoms with Crippen molar-refractivity contribution in [1.29, 1.82) is 0 Å². The number of benzene rings is 1. The van der Waals surface area contributed by atoms with Crippen LogP contribution >= 0.6 is 35.3 Å². The maximum atomic E-state index is 5.63. The number of aliphatic imine (C=N–C) groups is 1. The van der Waals surface area contributed by atoms with Crippen LogP contribution in [0, 0.1) is 0 Å². The number of thiophene rings is 1. The van der Waals surface area contributed by atoms with Crippen LogP contribution in [0.1, 0.15) is 37.3 Å². The van der Waals surface area contributed by atoms with Crippen molar-refractivity contribution in [1.82, 2.24) is 10.6 Å². The molecule has 0 saturated heterocycles. The first-order valence-electron chi connectivity index (χ1n) is 8.55. The van der Waals surface area contributed by atoms with E-state index in [0.29, 0.717) is 13.2 Å². The molecule has 0 radical (unpaired) electrons. The summed E-state index contributed by atoms with van der Waals surface area (Å²) in [6.45, 7) is 8.15. The molecule has 26 heavy (non-hydrogen) atoms. The first-order valence-corrected chi connectivity index (χ1v) is 9.43. The van der Waals surface area contributed by atoms with Crippen LogP contribution in [0.15, 0.2) is 40.7 Å². The molecule has 7 heteroatoms. The second kappa shape index (κ2) is 12.0. The van der Waals surface area contributed by atoms with E-state index >= 15 is 0 Å². The molecule has 2 N–H and O–H groups in total. The van der Waals surface area contributed by atoms with Gasteiger partial charge >= 0.3 is 0 Å². The molecule has 144 valence electrons. The molecule has 1 unspecified atom stereocenters. The van der Waals surface area contributed by atoms with Gasteiger partial charge in [0.25, 0.3) is 0 Å². The maximum absolute atomic E-state index is 5.63. The summed E-state index contributed by atoms with van der Waals surface area (Å²) in [6, 6.07) is 10.3. The van der Waals surface area contributed by atoms with Crippen LogP contribution in [-0.4, -0.2) is 26.2 Å². The lowest BCUT2D eigenvalue weighted by Gasteiger charge is -2.17. The van der Waals surface area contributed by atoms with Crippen LogP contribution in [0.4, 0.5) is 0 Å². The Morgan fingerprint density at radius 1 is 1.23 bits per heavy atom. The van der Waals surface area contributed by atoms with Gasteiger partial charge in [0.15, 0.2) is 17.5 Å². The molecule has 0 aliphatic heterocycles. The lowest BCUT2D eigenvalue weighted by atomic mass is 10.2. The largest absolute Gasteiger partial charge is 0.493 e. The van der Waals surface area contributed by atoms with Crippen LogP contribution in [-0.2, 0) is 6.54 Å². The quantitative estimate of drug-likeness (QED) is 0.324. The van der Waals surface area contributed by atoms with Gasteiger partial charge in [0.05, 0.1) is 26.3 Å². The van der Waals surface area contributed by atoms with Crippen LogP contribution in [0.5, 0.6) is 11.5 Å². The van der Waals surface area contributed by atoms with Gasteiger partial charge in [-0.1, -0.05) is 12.1 Å². The molecule has 0 bridgehead atoms. The SMILES string of the molecule is CCNC(=NCc1ccc(OC)c(OCC)c1)NC(C)c1cccs1.I. The summed E-state index contributed by atoms with van der Waals surface area (Å²) in [5.74, 6) is 2.30. The molecule has 0 amide bonds. The Morgan fingerprint density at radius 3 is 2.65 bits per heavy atom. The highest BCUT2D eigenvalue weighted by molar-refractivity contribution is 14.0. The van der Waals surface area contributed by atoms with Crippen molar-refractivity contribution in [3.63, 3.8) is 0 Å². The molecule has 0 aliphatic carbocycles. The van der Waals surface area contributed by atoms with Crippen molar-refractivity contribution in [3.05, 3.63) is 46.2 Å². The van der Waals surface area contributed by atoms with Gasteiger partial charge in [-0.2, -0.15) is 0 Å². The van der Waals surface area contributed by atoms with E-state index in [9.17, 15) is 0 Å². The number of hydrogen-bond donors (Lipinski definition) is 2. The molecule has 0 fully saturated rings. The Balaban J connectivity index is 0.00000338. The molecule has 2 aromatic rings. The van der Waals surface area contributed by atoms with E-state index in [2.05, 4.69) is 42.0 Å². The standard InChI is InChI=1S/C19H27N3O2S.HI/c1-5-20-19(22-14(3)18-8-7-11-25-18)21-13-15-9-10-16(23-4)17(12-15)24-6-2;/h7-12,14H,5-6,13H2,1-4H3,(H2,20,21,22);1H. The zero-order valence-electron chi connectivity index (χ0n) is 15.7. The number of rotatable bonds is 8. The fraction of sp³-hybridized carbons (Fsp3) is 0.421. The zero-order valence-corrected chi connectivity index (χ0v) is 18.9. The Morgan fingerprint density at radius 2 is 2.04 bits per heavy atom. The minimum Gasteiger partial charge on any atom is -0.493 e. The van der Waals surface area contributed by atoms with Crippen LogP contribution in [0.3, 0.4) is 0 Å². The van der Waals surface area contributed by atoms with Gasteiger partial charge in [0.1, 0.15) is 0 Å². The molecule has 1 atom stereocenters. The molecular formula is C19H28IN3O2S. The Kier molecular flexibility index (Phi) is 10.4. The van der Waals surface area contributed by atoms with Crippen molar-refractivity contribution in [2.24, 2.45) is 4.99 Å². The number of nitrogens with one attached hydrogen (secondary N) is 2. The average Bonchev–Trinajstić information content (AvgIpc) is 3.15. The van der Waals surface area contributed by atoms with Gasteiger partial charge in [-0.05, 0) is 49.9 Å². The lowest BCUT2D eigenvalue weighted by molar-refractivity contribution is 0.310. The summed E-state index contributed by atoms with van der Waals surface area (Å²) in [6.07, 6.45) is 0. The zero-order chi connectivity index (χ0) is 18.1. The minimum absolute atomic E-state index is 0. The highest BCUT2D eigenvalue weighted by Gasteiger charge is 2.09. The van der Waals surface area contributed by atoms with Gasteiger partial charge in [-0.15, -0.1) is 35.3 Å². The summed E-state index contributed by atoms with van der Waals surface area (Å²) in [4.78, 5) is 5.98.